The Labute approximate surface area is 74.5 Å². The van der Waals surface area contributed by atoms with Crippen LogP contribution in [0.2, 0.25) is 0 Å². The monoisotopic (exact) mass is 164 g/mol. The Kier molecular flexibility index (Phi) is 5.02. The van der Waals surface area contributed by atoms with Crippen LogP contribution in [0.1, 0.15) is 26.7 Å². The van der Waals surface area contributed by atoms with E-state index in [2.05, 4.69) is 13.2 Å². The third-order valence-corrected chi connectivity index (χ3v) is 1.81. The lowest BCUT2D eigenvalue weighted by Crippen LogP contribution is -1.91. The van der Waals surface area contributed by atoms with Crippen LogP contribution in [0.25, 0.3) is 0 Å². The molecule has 0 aromatic carbocycles. The SMILES string of the molecule is C=C/C(C)=C(\C=C)CCC(C)=O. The average Bonchev–Trinajstić information content (AvgIpc) is 2.04. The van der Waals surface area contributed by atoms with E-state index in [0.29, 0.717) is 6.42 Å². The maximum Gasteiger partial charge on any atom is 0.130 e. The van der Waals surface area contributed by atoms with Crippen LogP contribution in [0.5, 0.6) is 0 Å². The van der Waals surface area contributed by atoms with Gasteiger partial charge in [-0.15, -0.1) is 0 Å². The van der Waals surface area contributed by atoms with E-state index in [0.717, 1.165) is 17.6 Å². The van der Waals surface area contributed by atoms with Crippen LogP contribution in [0.15, 0.2) is 36.5 Å². The first kappa shape index (κ1) is 10.9. The highest BCUT2D eigenvalue weighted by Crippen LogP contribution is 2.12. The number of Topliss-reactive ketones (excluding diaryl/α,β-unsaturated/α-hetero) is 1. The molecular formula is C11H16O. The lowest BCUT2D eigenvalue weighted by Gasteiger charge is -2.02. The minimum Gasteiger partial charge on any atom is -0.300 e. The van der Waals surface area contributed by atoms with Gasteiger partial charge in [0.2, 0.25) is 0 Å². The van der Waals surface area contributed by atoms with E-state index in [-0.39, 0.29) is 5.78 Å². The zero-order valence-electron chi connectivity index (χ0n) is 7.89. The van der Waals surface area contributed by atoms with Gasteiger partial charge in [0.25, 0.3) is 0 Å². The molecule has 0 saturated carbocycles. The number of carbonyl (C=O) groups is 1. The van der Waals surface area contributed by atoms with Crippen LogP contribution in [0.4, 0.5) is 0 Å². The first-order valence-electron chi connectivity index (χ1n) is 4.06. The molecule has 0 N–H and O–H groups in total. The fraction of sp³-hybridized carbons (Fsp3) is 0.364. The molecule has 0 aliphatic heterocycles. The fourth-order valence-electron chi connectivity index (χ4n) is 0.902. The number of carbonyl (C=O) groups excluding carboxylic acids is 1. The first-order valence-corrected chi connectivity index (χ1v) is 4.06. The Balaban J connectivity index is 4.27. The molecule has 0 atom stereocenters. The highest BCUT2D eigenvalue weighted by atomic mass is 16.1. The summed E-state index contributed by atoms with van der Waals surface area (Å²) in [5.74, 6) is 0.214. The topological polar surface area (TPSA) is 17.1 Å². The smallest absolute Gasteiger partial charge is 0.130 e. The van der Waals surface area contributed by atoms with E-state index >= 15 is 0 Å². The van der Waals surface area contributed by atoms with Crippen LogP contribution < -0.4 is 0 Å². The van der Waals surface area contributed by atoms with Gasteiger partial charge in [0.1, 0.15) is 5.78 Å². The summed E-state index contributed by atoms with van der Waals surface area (Å²) in [5, 5.41) is 0. The van der Waals surface area contributed by atoms with Gasteiger partial charge in [0.15, 0.2) is 0 Å². The van der Waals surface area contributed by atoms with Crippen molar-refractivity contribution in [1.29, 1.82) is 0 Å². The molecule has 0 bridgehead atoms. The third-order valence-electron chi connectivity index (χ3n) is 1.81. The van der Waals surface area contributed by atoms with Crippen LogP contribution >= 0.6 is 0 Å². The Morgan fingerprint density at radius 2 is 1.75 bits per heavy atom. The molecule has 0 aliphatic carbocycles. The third kappa shape index (κ3) is 3.91. The van der Waals surface area contributed by atoms with Gasteiger partial charge >= 0.3 is 0 Å². The second-order valence-corrected chi connectivity index (χ2v) is 2.82. The second-order valence-electron chi connectivity index (χ2n) is 2.82. The molecular weight excluding hydrogens is 148 g/mol. The van der Waals surface area contributed by atoms with Crippen molar-refractivity contribution in [3.05, 3.63) is 36.5 Å². The molecule has 1 nitrogen and oxygen atoms in total. The van der Waals surface area contributed by atoms with Gasteiger partial charge in [-0.1, -0.05) is 25.3 Å². The normalized spacial score (nSPS) is 11.8. The van der Waals surface area contributed by atoms with Gasteiger partial charge < -0.3 is 4.79 Å². The maximum atomic E-state index is 10.7. The van der Waals surface area contributed by atoms with Gasteiger partial charge in [-0.2, -0.15) is 0 Å². The number of ketones is 1. The molecule has 66 valence electrons. The van der Waals surface area contributed by atoms with Crippen molar-refractivity contribution < 1.29 is 4.79 Å². The van der Waals surface area contributed by atoms with E-state index in [1.54, 1.807) is 19.1 Å². The minimum atomic E-state index is 0.214. The summed E-state index contributed by atoms with van der Waals surface area (Å²) in [5.41, 5.74) is 2.21. The van der Waals surface area contributed by atoms with E-state index in [9.17, 15) is 4.79 Å². The standard InChI is InChI=1S/C11H16O/c1-5-9(3)11(6-2)8-7-10(4)12/h5-6H,1-2,7-8H2,3-4H3/b11-9+. The number of hydrogen-bond acceptors (Lipinski definition) is 1. The van der Waals surface area contributed by atoms with Crippen molar-refractivity contribution in [2.45, 2.75) is 26.7 Å². The van der Waals surface area contributed by atoms with Crippen molar-refractivity contribution in [2.24, 2.45) is 0 Å². The Hall–Kier alpha value is -1.11. The highest BCUT2D eigenvalue weighted by Gasteiger charge is 1.98. The largest absolute Gasteiger partial charge is 0.300 e. The first-order chi connectivity index (χ1) is 5.61. The van der Waals surface area contributed by atoms with Gasteiger partial charge in [0, 0.05) is 6.42 Å². The molecule has 0 aromatic heterocycles. The van der Waals surface area contributed by atoms with Crippen molar-refractivity contribution in [3.63, 3.8) is 0 Å². The lowest BCUT2D eigenvalue weighted by molar-refractivity contribution is -0.116. The summed E-state index contributed by atoms with van der Waals surface area (Å²) < 4.78 is 0. The van der Waals surface area contributed by atoms with Crippen LogP contribution in [-0.4, -0.2) is 5.78 Å². The number of rotatable bonds is 5. The average molecular weight is 164 g/mol. The summed E-state index contributed by atoms with van der Waals surface area (Å²) in [6.45, 7) is 10.9. The molecule has 0 fully saturated rings. The summed E-state index contributed by atoms with van der Waals surface area (Å²) in [6.07, 6.45) is 4.94. The predicted octanol–water partition coefficient (Wildman–Crippen LogP) is 3.04. The molecule has 12 heavy (non-hydrogen) atoms. The van der Waals surface area contributed by atoms with Crippen LogP contribution in [0.3, 0.4) is 0 Å². The summed E-state index contributed by atoms with van der Waals surface area (Å²) in [4.78, 5) is 10.7. The van der Waals surface area contributed by atoms with Crippen molar-refractivity contribution in [2.75, 3.05) is 0 Å². The van der Waals surface area contributed by atoms with Gasteiger partial charge in [0.05, 0.1) is 0 Å². The van der Waals surface area contributed by atoms with Gasteiger partial charge in [-0.25, -0.2) is 0 Å². The van der Waals surface area contributed by atoms with Gasteiger partial charge in [-0.05, 0) is 31.4 Å². The predicted molar refractivity (Wildman–Crippen MR) is 53.0 cm³/mol. The summed E-state index contributed by atoms with van der Waals surface area (Å²) >= 11 is 0. The van der Waals surface area contributed by atoms with Crippen molar-refractivity contribution >= 4 is 5.78 Å². The quantitative estimate of drug-likeness (QED) is 0.571. The molecule has 0 aliphatic rings. The number of allylic oxidation sites excluding steroid dienone is 4. The van der Waals surface area contributed by atoms with E-state index in [4.69, 9.17) is 0 Å². The zero-order valence-corrected chi connectivity index (χ0v) is 7.89. The summed E-state index contributed by atoms with van der Waals surface area (Å²) in [7, 11) is 0. The Morgan fingerprint density at radius 1 is 1.17 bits per heavy atom. The van der Waals surface area contributed by atoms with Crippen molar-refractivity contribution in [1.82, 2.24) is 0 Å². The molecule has 0 aromatic rings. The Morgan fingerprint density at radius 3 is 2.08 bits per heavy atom. The lowest BCUT2D eigenvalue weighted by atomic mass is 10.0. The molecule has 0 amide bonds. The fourth-order valence-corrected chi connectivity index (χ4v) is 0.902. The maximum absolute atomic E-state index is 10.7. The summed E-state index contributed by atoms with van der Waals surface area (Å²) in [6, 6.07) is 0. The van der Waals surface area contributed by atoms with Crippen molar-refractivity contribution in [3.8, 4) is 0 Å². The van der Waals surface area contributed by atoms with E-state index in [1.807, 2.05) is 6.92 Å². The molecule has 0 spiro atoms. The van der Waals surface area contributed by atoms with E-state index in [1.165, 1.54) is 0 Å². The molecule has 0 saturated heterocycles. The van der Waals surface area contributed by atoms with Gasteiger partial charge in [-0.3, -0.25) is 0 Å². The van der Waals surface area contributed by atoms with Crippen LogP contribution in [-0.2, 0) is 4.79 Å². The molecule has 0 heterocycles. The second kappa shape index (κ2) is 5.53. The van der Waals surface area contributed by atoms with E-state index < -0.39 is 0 Å². The molecule has 0 radical (unpaired) electrons. The van der Waals surface area contributed by atoms with Crippen LogP contribution in [0, 0.1) is 0 Å². The Bertz CT molecular complexity index is 221. The number of hydrogen-bond donors (Lipinski definition) is 0. The molecule has 1 heteroatoms. The molecule has 0 unspecified atom stereocenters. The molecule has 0 rings (SSSR count). The highest BCUT2D eigenvalue weighted by molar-refractivity contribution is 5.75. The zero-order chi connectivity index (χ0) is 9.56. The minimum absolute atomic E-state index is 0.214.